The van der Waals surface area contributed by atoms with Crippen molar-refractivity contribution < 1.29 is 4.74 Å². The Labute approximate surface area is 90.6 Å². The van der Waals surface area contributed by atoms with E-state index in [1.165, 1.54) is 23.1 Å². The molecule has 0 radical (unpaired) electrons. The van der Waals surface area contributed by atoms with Gasteiger partial charge in [-0.2, -0.15) is 0 Å². The minimum atomic E-state index is 0.297. The fraction of sp³-hybridized carbons (Fsp3) is 0.538. The van der Waals surface area contributed by atoms with Crippen molar-refractivity contribution in [3.8, 4) is 0 Å². The van der Waals surface area contributed by atoms with E-state index in [1.807, 2.05) is 0 Å². The molecule has 1 N–H and O–H groups in total. The lowest BCUT2D eigenvalue weighted by Crippen LogP contribution is -2.27. The van der Waals surface area contributed by atoms with Gasteiger partial charge in [0.25, 0.3) is 0 Å². The van der Waals surface area contributed by atoms with Crippen LogP contribution in [0.3, 0.4) is 0 Å². The highest BCUT2D eigenvalue weighted by Gasteiger charge is 2.30. The quantitative estimate of drug-likeness (QED) is 0.821. The van der Waals surface area contributed by atoms with Gasteiger partial charge < -0.3 is 10.1 Å². The molecule has 0 fully saturated rings. The van der Waals surface area contributed by atoms with Crippen molar-refractivity contribution in [2.75, 3.05) is 19.7 Å². The Bertz CT molecular complexity index is 386. The van der Waals surface area contributed by atoms with Crippen LogP contribution in [0, 0.1) is 0 Å². The minimum Gasteiger partial charge on any atom is -0.372 e. The van der Waals surface area contributed by atoms with E-state index in [1.54, 1.807) is 5.56 Å². The Kier molecular flexibility index (Phi) is 2.26. The zero-order chi connectivity index (χ0) is 10.3. The molecule has 2 aliphatic rings. The molecule has 1 unspecified atom stereocenters. The van der Waals surface area contributed by atoms with Gasteiger partial charge in [-0.3, -0.25) is 0 Å². The van der Waals surface area contributed by atoms with Crippen molar-refractivity contribution in [1.29, 1.82) is 0 Å². The van der Waals surface area contributed by atoms with E-state index in [4.69, 9.17) is 4.74 Å². The van der Waals surface area contributed by atoms with E-state index < -0.39 is 0 Å². The van der Waals surface area contributed by atoms with Gasteiger partial charge in [-0.15, -0.1) is 0 Å². The second-order valence-corrected chi connectivity index (χ2v) is 4.37. The smallest absolute Gasteiger partial charge is 0.0954 e. The summed E-state index contributed by atoms with van der Waals surface area (Å²) in [5.41, 5.74) is 6.11. The Hall–Kier alpha value is -0.860. The number of benzene rings is 1. The highest BCUT2D eigenvalue weighted by atomic mass is 16.5. The van der Waals surface area contributed by atoms with Gasteiger partial charge in [0.1, 0.15) is 0 Å². The standard InChI is InChI=1S/C13H17NO/c1-2-14-8-12-13-9(5-6-15-12)3-4-10-7-11(10)13/h3-4,12,14H,2,5-8H2,1H3. The number of hydrogen-bond donors (Lipinski definition) is 1. The normalized spacial score (nSPS) is 22.1. The first-order valence-electron chi connectivity index (χ1n) is 5.86. The first-order valence-corrected chi connectivity index (χ1v) is 5.86. The van der Waals surface area contributed by atoms with Gasteiger partial charge in [-0.25, -0.2) is 0 Å². The Morgan fingerprint density at radius 1 is 1.40 bits per heavy atom. The van der Waals surface area contributed by atoms with Crippen molar-refractivity contribution in [1.82, 2.24) is 5.32 Å². The highest BCUT2D eigenvalue weighted by molar-refractivity contribution is 5.55. The van der Waals surface area contributed by atoms with Gasteiger partial charge in [0, 0.05) is 6.54 Å². The second-order valence-electron chi connectivity index (χ2n) is 4.37. The highest BCUT2D eigenvalue weighted by Crippen LogP contribution is 2.40. The lowest BCUT2D eigenvalue weighted by atomic mass is 9.97. The molecule has 2 heteroatoms. The number of rotatable bonds is 3. The number of fused-ring (bicyclic) bond motifs is 3. The molecular weight excluding hydrogens is 186 g/mol. The van der Waals surface area contributed by atoms with E-state index in [2.05, 4.69) is 24.4 Å². The number of nitrogens with one attached hydrogen (secondary N) is 1. The van der Waals surface area contributed by atoms with Gasteiger partial charge in [-0.05, 0) is 41.6 Å². The molecule has 1 aliphatic carbocycles. The molecule has 1 heterocycles. The van der Waals surface area contributed by atoms with Crippen LogP contribution in [-0.4, -0.2) is 19.7 Å². The van der Waals surface area contributed by atoms with E-state index >= 15 is 0 Å². The molecule has 1 aliphatic heterocycles. The zero-order valence-corrected chi connectivity index (χ0v) is 9.18. The van der Waals surface area contributed by atoms with Crippen LogP contribution in [0.1, 0.15) is 35.3 Å². The monoisotopic (exact) mass is 203 g/mol. The fourth-order valence-electron chi connectivity index (χ4n) is 2.51. The summed E-state index contributed by atoms with van der Waals surface area (Å²) in [6, 6.07) is 4.58. The molecule has 1 aromatic carbocycles. The van der Waals surface area contributed by atoms with Crippen molar-refractivity contribution >= 4 is 0 Å². The molecular formula is C13H17NO. The van der Waals surface area contributed by atoms with Crippen LogP contribution in [0.4, 0.5) is 0 Å². The Balaban J connectivity index is 1.90. The van der Waals surface area contributed by atoms with Crippen molar-refractivity contribution in [3.05, 3.63) is 34.4 Å². The molecule has 1 atom stereocenters. The van der Waals surface area contributed by atoms with Gasteiger partial charge in [-0.1, -0.05) is 19.1 Å². The molecule has 0 saturated heterocycles. The third-order valence-corrected chi connectivity index (χ3v) is 3.38. The summed E-state index contributed by atoms with van der Waals surface area (Å²) in [5.74, 6) is 0. The van der Waals surface area contributed by atoms with Crippen molar-refractivity contribution in [2.45, 2.75) is 25.9 Å². The predicted octanol–water partition coefficient (Wildman–Crippen LogP) is 1.81. The van der Waals surface area contributed by atoms with Crippen LogP contribution in [0.2, 0.25) is 0 Å². The Morgan fingerprint density at radius 3 is 3.13 bits per heavy atom. The maximum atomic E-state index is 5.86. The Morgan fingerprint density at radius 2 is 2.27 bits per heavy atom. The summed E-state index contributed by atoms with van der Waals surface area (Å²) in [6.45, 7) is 4.99. The summed E-state index contributed by atoms with van der Waals surface area (Å²) in [6.07, 6.45) is 2.58. The number of ether oxygens (including phenoxy) is 1. The van der Waals surface area contributed by atoms with Crippen LogP contribution >= 0.6 is 0 Å². The van der Waals surface area contributed by atoms with Crippen LogP contribution < -0.4 is 5.32 Å². The molecule has 80 valence electrons. The largest absolute Gasteiger partial charge is 0.372 e. The van der Waals surface area contributed by atoms with Crippen LogP contribution in [-0.2, 0) is 17.6 Å². The van der Waals surface area contributed by atoms with E-state index in [0.29, 0.717) is 6.10 Å². The number of likely N-dealkylation sites (N-methyl/N-ethyl adjacent to an activating group) is 1. The second kappa shape index (κ2) is 3.62. The molecule has 0 saturated carbocycles. The third kappa shape index (κ3) is 1.58. The van der Waals surface area contributed by atoms with Crippen molar-refractivity contribution in [2.24, 2.45) is 0 Å². The van der Waals surface area contributed by atoms with Crippen molar-refractivity contribution in [3.63, 3.8) is 0 Å². The molecule has 1 aromatic rings. The molecule has 0 bridgehead atoms. The van der Waals surface area contributed by atoms with Gasteiger partial charge in [0.15, 0.2) is 0 Å². The lowest BCUT2D eigenvalue weighted by Gasteiger charge is -2.26. The molecule has 0 aromatic heterocycles. The van der Waals surface area contributed by atoms with Gasteiger partial charge in [0.2, 0.25) is 0 Å². The van der Waals surface area contributed by atoms with E-state index in [-0.39, 0.29) is 0 Å². The fourth-order valence-corrected chi connectivity index (χ4v) is 2.51. The van der Waals surface area contributed by atoms with Crippen LogP contribution in [0.15, 0.2) is 12.1 Å². The maximum Gasteiger partial charge on any atom is 0.0954 e. The lowest BCUT2D eigenvalue weighted by molar-refractivity contribution is 0.0428. The molecule has 3 rings (SSSR count). The zero-order valence-electron chi connectivity index (χ0n) is 9.18. The molecule has 15 heavy (non-hydrogen) atoms. The number of hydrogen-bond acceptors (Lipinski definition) is 2. The average Bonchev–Trinajstić information content (AvgIpc) is 3.05. The van der Waals surface area contributed by atoms with Gasteiger partial charge >= 0.3 is 0 Å². The van der Waals surface area contributed by atoms with Crippen LogP contribution in [0.25, 0.3) is 0 Å². The summed E-state index contributed by atoms with van der Waals surface area (Å²) in [7, 11) is 0. The minimum absolute atomic E-state index is 0.297. The first kappa shape index (κ1) is 9.37. The summed E-state index contributed by atoms with van der Waals surface area (Å²) < 4.78 is 5.86. The van der Waals surface area contributed by atoms with Gasteiger partial charge in [0.05, 0.1) is 12.7 Å². The van der Waals surface area contributed by atoms with E-state index in [9.17, 15) is 0 Å². The average molecular weight is 203 g/mol. The molecule has 2 nitrogen and oxygen atoms in total. The topological polar surface area (TPSA) is 21.3 Å². The first-order chi connectivity index (χ1) is 7.40. The molecule has 0 spiro atoms. The molecule has 0 amide bonds. The van der Waals surface area contributed by atoms with E-state index in [0.717, 1.165) is 26.1 Å². The SMILES string of the molecule is CCNCC1OCCc2ccc3c(c21)C3. The third-order valence-electron chi connectivity index (χ3n) is 3.38. The summed E-state index contributed by atoms with van der Waals surface area (Å²) >= 11 is 0. The predicted molar refractivity (Wildman–Crippen MR) is 60.2 cm³/mol. The summed E-state index contributed by atoms with van der Waals surface area (Å²) in [4.78, 5) is 0. The van der Waals surface area contributed by atoms with Crippen LogP contribution in [0.5, 0.6) is 0 Å². The maximum absolute atomic E-state index is 5.86. The summed E-state index contributed by atoms with van der Waals surface area (Å²) in [5, 5.41) is 3.38.